The number of halogens is 2. The van der Waals surface area contributed by atoms with Gasteiger partial charge in [0.25, 0.3) is 5.91 Å². The van der Waals surface area contributed by atoms with E-state index < -0.39 is 22.9 Å². The van der Waals surface area contributed by atoms with Gasteiger partial charge < -0.3 is 10.0 Å². The van der Waals surface area contributed by atoms with Gasteiger partial charge in [0.1, 0.15) is 33.1 Å². The Hall–Kier alpha value is -3.68. The Morgan fingerprint density at radius 3 is 2.56 bits per heavy atom. The van der Waals surface area contributed by atoms with E-state index in [4.69, 9.17) is 0 Å². The number of benzene rings is 2. The van der Waals surface area contributed by atoms with Crippen LogP contribution in [0.5, 0.6) is 5.75 Å². The lowest BCUT2D eigenvalue weighted by atomic mass is 9.59. The average molecular weight is 430 g/mol. The summed E-state index contributed by atoms with van der Waals surface area (Å²) in [5.41, 5.74) is 2.28. The molecule has 0 aliphatic carbocycles. The van der Waals surface area contributed by atoms with Gasteiger partial charge in [-0.05, 0) is 35.4 Å². The summed E-state index contributed by atoms with van der Waals surface area (Å²) in [6.07, 6.45) is 3.06. The third-order valence-corrected chi connectivity index (χ3v) is 6.04. The number of carbonyl (C=O) groups is 1. The largest absolute Gasteiger partial charge is 0.506 e. The number of aryl methyl sites for hydroxylation is 1. The van der Waals surface area contributed by atoms with Crippen molar-refractivity contribution >= 4 is 32.5 Å². The van der Waals surface area contributed by atoms with E-state index in [1.165, 1.54) is 29.3 Å². The fraction of sp³-hybridized carbons (Fsp3) is 0.136. The molecule has 32 heavy (non-hydrogen) atoms. The molecule has 0 bridgehead atoms. The van der Waals surface area contributed by atoms with E-state index in [0.29, 0.717) is 16.8 Å². The molecule has 5 rings (SSSR count). The van der Waals surface area contributed by atoms with Gasteiger partial charge in [0.2, 0.25) is 0 Å². The van der Waals surface area contributed by atoms with E-state index >= 15 is 8.78 Å². The van der Waals surface area contributed by atoms with Crippen LogP contribution in [0.3, 0.4) is 0 Å². The number of rotatable bonds is 3. The zero-order valence-corrected chi connectivity index (χ0v) is 17.7. The number of aromatic nitrogens is 3. The van der Waals surface area contributed by atoms with Crippen LogP contribution in [0.2, 0.25) is 0 Å². The second-order valence-corrected chi connectivity index (χ2v) is 8.50. The lowest BCUT2D eigenvalue weighted by Crippen LogP contribution is -2.45. The Balaban J connectivity index is 1.54. The fourth-order valence-corrected chi connectivity index (χ4v) is 4.38. The van der Waals surface area contributed by atoms with Crippen molar-refractivity contribution in [3.05, 3.63) is 77.2 Å². The highest BCUT2D eigenvalue weighted by Crippen LogP contribution is 2.37. The second-order valence-electron chi connectivity index (χ2n) is 8.50. The summed E-state index contributed by atoms with van der Waals surface area (Å²) in [5, 5.41) is 13.9. The highest BCUT2D eigenvalue weighted by molar-refractivity contribution is 6.42. The second kappa shape index (κ2) is 6.91. The maximum absolute atomic E-state index is 15.2. The van der Waals surface area contributed by atoms with Gasteiger partial charge in [-0.2, -0.15) is 5.10 Å². The molecule has 1 aliphatic heterocycles. The SMILES string of the molecule is BC1(B)c2ncc(O)cc2C(=O)N1Cc1c(F)cc(-c2cccc3nn(C)cc23)cc1F. The highest BCUT2D eigenvalue weighted by atomic mass is 19.1. The first-order chi connectivity index (χ1) is 15.2. The number of pyridine rings is 1. The number of nitrogens with zero attached hydrogens (tertiary/aromatic N) is 4. The molecule has 0 saturated carbocycles. The Morgan fingerprint density at radius 2 is 1.84 bits per heavy atom. The van der Waals surface area contributed by atoms with Crippen LogP contribution in [0.15, 0.2) is 48.8 Å². The molecule has 10 heteroatoms. The van der Waals surface area contributed by atoms with E-state index in [0.717, 1.165) is 10.9 Å². The molecule has 3 heterocycles. The van der Waals surface area contributed by atoms with E-state index in [1.807, 2.05) is 6.07 Å². The van der Waals surface area contributed by atoms with Crippen LogP contribution in [0, 0.1) is 11.6 Å². The number of amides is 1. The molecule has 1 N–H and O–H groups in total. The van der Waals surface area contributed by atoms with Gasteiger partial charge in [-0.25, -0.2) is 8.78 Å². The van der Waals surface area contributed by atoms with E-state index in [2.05, 4.69) is 10.1 Å². The monoisotopic (exact) mass is 430 g/mol. The molecule has 1 amide bonds. The third kappa shape index (κ3) is 2.97. The Labute approximate surface area is 184 Å². The lowest BCUT2D eigenvalue weighted by molar-refractivity contribution is 0.0727. The predicted octanol–water partition coefficient (Wildman–Crippen LogP) is 1.65. The zero-order valence-electron chi connectivity index (χ0n) is 17.7. The van der Waals surface area contributed by atoms with Crippen LogP contribution < -0.4 is 0 Å². The topological polar surface area (TPSA) is 71.2 Å². The van der Waals surface area contributed by atoms with Crippen molar-refractivity contribution in [3.63, 3.8) is 0 Å². The molecule has 4 aromatic rings. The van der Waals surface area contributed by atoms with Gasteiger partial charge >= 0.3 is 0 Å². The first-order valence-corrected chi connectivity index (χ1v) is 10.1. The van der Waals surface area contributed by atoms with Crippen molar-refractivity contribution in [3.8, 4) is 16.9 Å². The van der Waals surface area contributed by atoms with Crippen molar-refractivity contribution in [1.82, 2.24) is 19.7 Å². The summed E-state index contributed by atoms with van der Waals surface area (Å²) in [4.78, 5) is 18.5. The molecule has 1 aliphatic rings. The van der Waals surface area contributed by atoms with Gasteiger partial charge in [-0.1, -0.05) is 12.1 Å². The first-order valence-electron chi connectivity index (χ1n) is 10.1. The van der Waals surface area contributed by atoms with Gasteiger partial charge in [0.15, 0.2) is 0 Å². The van der Waals surface area contributed by atoms with Crippen molar-refractivity contribution < 1.29 is 18.7 Å². The van der Waals surface area contributed by atoms with Gasteiger partial charge in [0, 0.05) is 29.5 Å². The van der Waals surface area contributed by atoms with Gasteiger partial charge in [-0.3, -0.25) is 14.5 Å². The van der Waals surface area contributed by atoms with Crippen molar-refractivity contribution in [2.75, 3.05) is 0 Å². The van der Waals surface area contributed by atoms with E-state index in [9.17, 15) is 9.90 Å². The number of hydrogen-bond acceptors (Lipinski definition) is 4. The minimum atomic E-state index is -0.890. The summed E-state index contributed by atoms with van der Waals surface area (Å²) < 4.78 is 32.0. The Kier molecular flexibility index (Phi) is 4.37. The average Bonchev–Trinajstić information content (AvgIpc) is 3.19. The summed E-state index contributed by atoms with van der Waals surface area (Å²) in [5.74, 6) is -2.05. The van der Waals surface area contributed by atoms with Crippen LogP contribution in [-0.2, 0) is 18.9 Å². The highest BCUT2D eigenvalue weighted by Gasteiger charge is 2.44. The van der Waals surface area contributed by atoms with E-state index in [-0.39, 0.29) is 23.4 Å². The van der Waals surface area contributed by atoms with Crippen LogP contribution in [0.4, 0.5) is 8.78 Å². The molecular formula is C22H18B2F2N4O2. The molecular weight excluding hydrogens is 412 g/mol. The summed E-state index contributed by atoms with van der Waals surface area (Å²) >= 11 is 0. The normalized spacial score (nSPS) is 14.8. The number of aromatic hydroxyl groups is 1. The van der Waals surface area contributed by atoms with Crippen LogP contribution in [0.1, 0.15) is 21.6 Å². The molecule has 0 unspecified atom stereocenters. The fourth-order valence-electron chi connectivity index (χ4n) is 4.38. The van der Waals surface area contributed by atoms with Crippen LogP contribution >= 0.6 is 0 Å². The van der Waals surface area contributed by atoms with E-state index in [1.54, 1.807) is 45.8 Å². The summed E-state index contributed by atoms with van der Waals surface area (Å²) in [6.45, 7) is -0.266. The quantitative estimate of drug-likeness (QED) is 0.503. The Bertz CT molecular complexity index is 1400. The molecule has 0 saturated heterocycles. The summed E-state index contributed by atoms with van der Waals surface area (Å²) in [7, 11) is 5.30. The molecule has 0 atom stereocenters. The smallest absolute Gasteiger partial charge is 0.255 e. The molecule has 0 spiro atoms. The van der Waals surface area contributed by atoms with Crippen LogP contribution in [0.25, 0.3) is 22.0 Å². The molecule has 2 aromatic carbocycles. The van der Waals surface area contributed by atoms with Crippen molar-refractivity contribution in [2.24, 2.45) is 7.05 Å². The van der Waals surface area contributed by atoms with Crippen molar-refractivity contribution in [2.45, 2.75) is 11.9 Å². The standard InChI is InChI=1S/C22H18B2F2N4O2/c1-29-9-15-13(3-2-4-19(15)28-29)11-5-17(25)16(18(26)6-11)10-30-21(32)14-7-12(31)8-27-20(14)22(30,23)24/h2-9,31H,10,23-24H2,1H3. The zero-order chi connectivity index (χ0) is 22.8. The summed E-state index contributed by atoms with van der Waals surface area (Å²) in [6, 6.07) is 9.32. The number of carbonyl (C=O) groups excluding carboxylic acids is 1. The third-order valence-electron chi connectivity index (χ3n) is 6.04. The molecule has 2 aromatic heterocycles. The molecule has 158 valence electrons. The maximum Gasteiger partial charge on any atom is 0.255 e. The minimum absolute atomic E-state index is 0.138. The Morgan fingerprint density at radius 1 is 1.12 bits per heavy atom. The maximum atomic E-state index is 15.2. The first kappa shape index (κ1) is 20.2. The minimum Gasteiger partial charge on any atom is -0.506 e. The number of hydrogen-bond donors (Lipinski definition) is 1. The molecule has 0 radical (unpaired) electrons. The van der Waals surface area contributed by atoms with Crippen LogP contribution in [-0.4, -0.2) is 46.4 Å². The van der Waals surface area contributed by atoms with Crippen molar-refractivity contribution in [1.29, 1.82) is 0 Å². The number of fused-ring (bicyclic) bond motifs is 2. The molecule has 6 nitrogen and oxygen atoms in total. The lowest BCUT2D eigenvalue weighted by Gasteiger charge is -2.32. The molecule has 0 fully saturated rings. The van der Waals surface area contributed by atoms with Gasteiger partial charge in [0.05, 0.1) is 29.5 Å². The van der Waals surface area contributed by atoms with Gasteiger partial charge in [-0.15, -0.1) is 0 Å². The predicted molar refractivity (Wildman–Crippen MR) is 121 cm³/mol.